The number of halogens is 5. The van der Waals surface area contributed by atoms with Crippen LogP contribution in [0.25, 0.3) is 0 Å². The highest BCUT2D eigenvalue weighted by Gasteiger charge is 2.57. The van der Waals surface area contributed by atoms with Crippen LogP contribution >= 0.6 is 0 Å². The van der Waals surface area contributed by atoms with Crippen molar-refractivity contribution in [1.29, 1.82) is 0 Å². The van der Waals surface area contributed by atoms with Gasteiger partial charge in [0.2, 0.25) is 11.8 Å². The fourth-order valence-electron chi connectivity index (χ4n) is 2.09. The number of alkyl halides is 5. The molecule has 0 heterocycles. The molecule has 0 radical (unpaired) electrons. The van der Waals surface area contributed by atoms with Crippen molar-refractivity contribution in [3.8, 4) is 11.5 Å². The van der Waals surface area contributed by atoms with Crippen molar-refractivity contribution < 1.29 is 32.2 Å². The minimum Gasteiger partial charge on any atom is -0.508 e. The van der Waals surface area contributed by atoms with Gasteiger partial charge in [-0.2, -0.15) is 13.2 Å². The van der Waals surface area contributed by atoms with Crippen LogP contribution in [-0.4, -0.2) is 22.6 Å². The second-order valence-corrected chi connectivity index (χ2v) is 4.71. The van der Waals surface area contributed by atoms with Gasteiger partial charge in [-0.1, -0.05) is 24.3 Å². The van der Waals surface area contributed by atoms with Crippen molar-refractivity contribution in [3.05, 3.63) is 59.7 Å². The molecule has 2 rings (SSSR count). The number of aromatic hydroxyl groups is 2. The first-order valence-electron chi connectivity index (χ1n) is 6.14. The Morgan fingerprint density at radius 3 is 1.27 bits per heavy atom. The normalized spacial score (nSPS) is 13.9. The minimum absolute atomic E-state index is 0.292. The van der Waals surface area contributed by atoms with Crippen LogP contribution in [0.1, 0.15) is 11.1 Å². The molecule has 0 saturated carbocycles. The molecule has 0 spiro atoms. The van der Waals surface area contributed by atoms with Crippen LogP contribution in [0.5, 0.6) is 11.5 Å². The summed E-state index contributed by atoms with van der Waals surface area (Å²) in [7, 11) is 0. The Morgan fingerprint density at radius 1 is 0.682 bits per heavy atom. The Morgan fingerprint density at radius 2 is 1.00 bits per heavy atom. The molecule has 118 valence electrons. The van der Waals surface area contributed by atoms with Crippen LogP contribution in [0.2, 0.25) is 0 Å². The average Bonchev–Trinajstić information content (AvgIpc) is 2.46. The van der Waals surface area contributed by atoms with Crippen LogP contribution in [0.4, 0.5) is 22.0 Å². The summed E-state index contributed by atoms with van der Waals surface area (Å²) in [6.07, 6.45) is -9.24. The maximum atomic E-state index is 15.2. The average molecular weight is 318 g/mol. The van der Waals surface area contributed by atoms with Gasteiger partial charge in [-0.3, -0.25) is 0 Å². The summed E-state index contributed by atoms with van der Waals surface area (Å²) in [5.74, 6) is -0.585. The summed E-state index contributed by atoms with van der Waals surface area (Å²) >= 11 is 0. The van der Waals surface area contributed by atoms with Crippen molar-refractivity contribution in [1.82, 2.24) is 0 Å². The molecule has 2 aromatic rings. The zero-order valence-corrected chi connectivity index (χ0v) is 11.0. The molecule has 0 aliphatic heterocycles. The van der Waals surface area contributed by atoms with Crippen LogP contribution in [0, 0.1) is 0 Å². The Hall–Kier alpha value is -2.31. The van der Waals surface area contributed by atoms with Gasteiger partial charge in [0, 0.05) is 0 Å². The lowest BCUT2D eigenvalue weighted by Gasteiger charge is -2.31. The molecule has 22 heavy (non-hydrogen) atoms. The van der Waals surface area contributed by atoms with E-state index in [2.05, 4.69) is 0 Å². The molecule has 2 nitrogen and oxygen atoms in total. The van der Waals surface area contributed by atoms with Gasteiger partial charge in [-0.15, -0.1) is 0 Å². The second-order valence-electron chi connectivity index (χ2n) is 4.71. The highest BCUT2D eigenvalue weighted by atomic mass is 19.4. The summed E-state index contributed by atoms with van der Waals surface area (Å²) in [5.41, 5.74) is -4.69. The molecule has 0 saturated heterocycles. The molecule has 2 N–H and O–H groups in total. The zero-order chi connectivity index (χ0) is 16.5. The lowest BCUT2D eigenvalue weighted by Crippen LogP contribution is -2.43. The van der Waals surface area contributed by atoms with Crippen molar-refractivity contribution >= 4 is 0 Å². The number of phenolic OH excluding ortho intramolecular Hbond substituents is 2. The number of hydrogen-bond acceptors (Lipinski definition) is 2. The molecular formula is C15H11F5O2. The third-order valence-electron chi connectivity index (χ3n) is 3.21. The largest absolute Gasteiger partial charge is 0.508 e. The van der Waals surface area contributed by atoms with Gasteiger partial charge in [0.25, 0.3) is 0 Å². The van der Waals surface area contributed by atoms with E-state index in [-0.39, 0.29) is 11.5 Å². The molecule has 7 heteroatoms. The van der Waals surface area contributed by atoms with E-state index in [1.165, 1.54) is 0 Å². The topological polar surface area (TPSA) is 40.5 Å². The summed E-state index contributed by atoms with van der Waals surface area (Å²) < 4.78 is 67.3. The van der Waals surface area contributed by atoms with Gasteiger partial charge in [0.05, 0.1) is 0 Å². The fourth-order valence-corrected chi connectivity index (χ4v) is 2.09. The molecular weight excluding hydrogens is 307 g/mol. The van der Waals surface area contributed by atoms with Crippen molar-refractivity contribution in [3.63, 3.8) is 0 Å². The van der Waals surface area contributed by atoms with E-state index in [1.807, 2.05) is 0 Å². The van der Waals surface area contributed by atoms with Crippen molar-refractivity contribution in [2.45, 2.75) is 18.0 Å². The van der Waals surface area contributed by atoms with Crippen LogP contribution in [0.15, 0.2) is 48.5 Å². The van der Waals surface area contributed by atoms with Gasteiger partial charge in [-0.25, -0.2) is 8.78 Å². The number of benzene rings is 2. The predicted molar refractivity (Wildman–Crippen MR) is 69.1 cm³/mol. The van der Waals surface area contributed by atoms with Crippen molar-refractivity contribution in [2.75, 3.05) is 0 Å². The molecule has 1 atom stereocenters. The molecule has 1 unspecified atom stereocenters. The van der Waals surface area contributed by atoms with Crippen LogP contribution in [0.3, 0.4) is 0 Å². The first-order valence-corrected chi connectivity index (χ1v) is 6.14. The Labute approximate surface area is 122 Å². The monoisotopic (exact) mass is 318 g/mol. The first kappa shape index (κ1) is 16.1. The highest BCUT2D eigenvalue weighted by Crippen LogP contribution is 2.45. The Kier molecular flexibility index (Phi) is 4.00. The molecule has 0 aliphatic rings. The molecule has 0 amide bonds. The maximum absolute atomic E-state index is 15.2. The number of phenols is 2. The smallest absolute Gasteiger partial charge is 0.423 e. The summed E-state index contributed by atoms with van der Waals surface area (Å²) in [4.78, 5) is 0. The molecule has 0 aromatic heterocycles. The minimum atomic E-state index is -5.43. The molecule has 2 aromatic carbocycles. The van der Waals surface area contributed by atoms with Gasteiger partial charge < -0.3 is 10.2 Å². The lowest BCUT2D eigenvalue weighted by atomic mass is 9.83. The third-order valence-corrected chi connectivity index (χ3v) is 3.21. The Balaban J connectivity index is 2.63. The van der Waals surface area contributed by atoms with Crippen LogP contribution in [-0.2, 0) is 5.67 Å². The number of rotatable bonds is 3. The van der Waals surface area contributed by atoms with E-state index in [4.69, 9.17) is 10.2 Å². The maximum Gasteiger partial charge on any atom is 0.423 e. The standard InChI is InChI=1S/C15H11F5O2/c16-13(15(18,19)20)14(17,9-1-5-11(21)6-2-9)10-3-7-12(22)8-4-10/h1-8,13,21-22H. The molecule has 0 fully saturated rings. The zero-order valence-electron chi connectivity index (χ0n) is 11.0. The SMILES string of the molecule is Oc1ccc(C(F)(c2ccc(O)cc2)C(F)C(F)(F)F)cc1. The van der Waals surface area contributed by atoms with Gasteiger partial charge in [0.1, 0.15) is 11.5 Å². The van der Waals surface area contributed by atoms with Gasteiger partial charge >= 0.3 is 6.18 Å². The highest BCUT2D eigenvalue weighted by molar-refractivity contribution is 5.42. The van der Waals surface area contributed by atoms with E-state index in [1.54, 1.807) is 0 Å². The van der Waals surface area contributed by atoms with E-state index < -0.39 is 29.1 Å². The quantitative estimate of drug-likeness (QED) is 0.832. The fraction of sp³-hybridized carbons (Fsp3) is 0.200. The van der Waals surface area contributed by atoms with Gasteiger partial charge in [0.15, 0.2) is 0 Å². The summed E-state index contributed by atoms with van der Waals surface area (Å²) in [6.45, 7) is 0. The lowest BCUT2D eigenvalue weighted by molar-refractivity contribution is -0.211. The molecule has 0 aliphatic carbocycles. The van der Waals surface area contributed by atoms with Gasteiger partial charge in [-0.05, 0) is 35.4 Å². The number of hydrogen-bond donors (Lipinski definition) is 2. The second kappa shape index (κ2) is 5.47. The summed E-state index contributed by atoms with van der Waals surface area (Å²) in [5, 5.41) is 18.3. The Bertz CT molecular complexity index is 589. The van der Waals surface area contributed by atoms with Crippen molar-refractivity contribution in [2.24, 2.45) is 0 Å². The first-order chi connectivity index (χ1) is 10.2. The van der Waals surface area contributed by atoms with E-state index in [9.17, 15) is 17.6 Å². The third kappa shape index (κ3) is 2.84. The van der Waals surface area contributed by atoms with E-state index in [0.29, 0.717) is 0 Å². The summed E-state index contributed by atoms with van der Waals surface area (Å²) in [6, 6.07) is 7.36. The predicted octanol–water partition coefficient (Wildman–Crippen LogP) is 4.21. The van der Waals surface area contributed by atoms with E-state index >= 15 is 4.39 Å². The molecule has 0 bridgehead atoms. The van der Waals surface area contributed by atoms with Crippen LogP contribution < -0.4 is 0 Å². The van der Waals surface area contributed by atoms with E-state index in [0.717, 1.165) is 48.5 Å².